The molecule has 0 saturated carbocycles. The van der Waals surface area contributed by atoms with Crippen LogP contribution in [0.1, 0.15) is 6.92 Å². The molecule has 13 heavy (non-hydrogen) atoms. The number of Topliss-reactive ketones (excluding diaryl/α,β-unsaturated/α-hetero) is 1. The van der Waals surface area contributed by atoms with E-state index in [-0.39, 0.29) is 0 Å². The molecule has 0 saturated heterocycles. The van der Waals surface area contributed by atoms with Gasteiger partial charge < -0.3 is 19.7 Å². The summed E-state index contributed by atoms with van der Waals surface area (Å²) in [5.41, 5.74) is 0. The molecule has 5 heteroatoms. The third kappa shape index (κ3) is 3.40. The second-order valence-corrected chi connectivity index (χ2v) is 2.72. The molecule has 3 atom stereocenters. The number of ether oxygens (including phenoxy) is 2. The molecule has 0 aromatic rings. The SMILES string of the molecule is CO[C@@H]([C@H](OC)C(=O)CO)[C@@H](C)O. The molecule has 0 aliphatic rings. The summed E-state index contributed by atoms with van der Waals surface area (Å²) < 4.78 is 9.70. The van der Waals surface area contributed by atoms with E-state index in [1.54, 1.807) is 0 Å². The summed E-state index contributed by atoms with van der Waals surface area (Å²) in [6, 6.07) is 0. The molecule has 0 aromatic heterocycles. The number of aliphatic hydroxyl groups is 2. The van der Waals surface area contributed by atoms with Crippen LogP contribution in [0.2, 0.25) is 0 Å². The van der Waals surface area contributed by atoms with E-state index in [1.807, 2.05) is 0 Å². The van der Waals surface area contributed by atoms with Crippen molar-refractivity contribution in [3.05, 3.63) is 0 Å². The van der Waals surface area contributed by atoms with Gasteiger partial charge in [0, 0.05) is 14.2 Å². The number of carbonyl (C=O) groups is 1. The fraction of sp³-hybridized carbons (Fsp3) is 0.875. The molecule has 0 aliphatic heterocycles. The zero-order chi connectivity index (χ0) is 10.4. The Morgan fingerprint density at radius 1 is 1.38 bits per heavy atom. The molecule has 0 amide bonds. The third-order valence-corrected chi connectivity index (χ3v) is 1.77. The van der Waals surface area contributed by atoms with Gasteiger partial charge in [-0.25, -0.2) is 0 Å². The molecule has 0 bridgehead atoms. The molecular weight excluding hydrogens is 176 g/mol. The fourth-order valence-corrected chi connectivity index (χ4v) is 1.11. The lowest BCUT2D eigenvalue weighted by atomic mass is 10.1. The summed E-state index contributed by atoms with van der Waals surface area (Å²) in [7, 11) is 2.70. The number of carbonyl (C=O) groups excluding carboxylic acids is 1. The minimum absolute atomic E-state index is 0.504. The summed E-state index contributed by atoms with van der Waals surface area (Å²) in [6.45, 7) is 0.871. The molecule has 0 unspecified atom stereocenters. The van der Waals surface area contributed by atoms with Gasteiger partial charge in [0.15, 0.2) is 5.78 Å². The van der Waals surface area contributed by atoms with Gasteiger partial charge in [-0.1, -0.05) is 0 Å². The topological polar surface area (TPSA) is 76.0 Å². The lowest BCUT2D eigenvalue weighted by Crippen LogP contribution is -2.44. The van der Waals surface area contributed by atoms with Gasteiger partial charge in [0.1, 0.15) is 18.8 Å². The Bertz CT molecular complexity index is 157. The van der Waals surface area contributed by atoms with Crippen molar-refractivity contribution < 1.29 is 24.5 Å². The Kier molecular flexibility index (Phi) is 5.81. The average molecular weight is 192 g/mol. The second kappa shape index (κ2) is 6.04. The molecule has 0 aliphatic carbocycles. The van der Waals surface area contributed by atoms with Crippen LogP contribution in [0.3, 0.4) is 0 Å². The maximum Gasteiger partial charge on any atom is 0.189 e. The monoisotopic (exact) mass is 192 g/mol. The van der Waals surface area contributed by atoms with Crippen LogP contribution in [0, 0.1) is 0 Å². The minimum Gasteiger partial charge on any atom is -0.391 e. The number of hydrogen-bond donors (Lipinski definition) is 2. The summed E-state index contributed by atoms with van der Waals surface area (Å²) in [6.07, 6.45) is -2.50. The fourth-order valence-electron chi connectivity index (χ4n) is 1.11. The smallest absolute Gasteiger partial charge is 0.189 e. The Hall–Kier alpha value is -0.490. The lowest BCUT2D eigenvalue weighted by molar-refractivity contribution is -0.147. The molecule has 2 N–H and O–H groups in total. The molecule has 0 rings (SSSR count). The van der Waals surface area contributed by atoms with Crippen molar-refractivity contribution >= 4 is 5.78 Å². The standard InChI is InChI=1S/C8H16O5/c1-5(10)7(12-2)8(13-3)6(11)4-9/h5,7-10H,4H2,1-3H3/t5-,7-,8-/m1/s1. The number of rotatable bonds is 6. The molecule has 0 radical (unpaired) electrons. The highest BCUT2D eigenvalue weighted by Gasteiger charge is 2.30. The van der Waals surface area contributed by atoms with Crippen LogP contribution in [0.5, 0.6) is 0 Å². The van der Waals surface area contributed by atoms with Gasteiger partial charge in [-0.15, -0.1) is 0 Å². The molecule has 5 nitrogen and oxygen atoms in total. The highest BCUT2D eigenvalue weighted by atomic mass is 16.5. The van der Waals surface area contributed by atoms with E-state index >= 15 is 0 Å². The summed E-state index contributed by atoms with van der Waals surface area (Å²) in [5.74, 6) is -0.504. The zero-order valence-corrected chi connectivity index (χ0v) is 8.06. The molecule has 0 heterocycles. The van der Waals surface area contributed by atoms with Gasteiger partial charge in [-0.3, -0.25) is 4.79 Å². The van der Waals surface area contributed by atoms with E-state index in [1.165, 1.54) is 21.1 Å². The molecule has 0 aromatic carbocycles. The van der Waals surface area contributed by atoms with Crippen LogP contribution in [0.25, 0.3) is 0 Å². The normalized spacial score (nSPS) is 17.9. The van der Waals surface area contributed by atoms with Crippen molar-refractivity contribution in [3.63, 3.8) is 0 Å². The van der Waals surface area contributed by atoms with Gasteiger partial charge in [0.2, 0.25) is 0 Å². The van der Waals surface area contributed by atoms with Gasteiger partial charge in [-0.2, -0.15) is 0 Å². The molecular formula is C8H16O5. The van der Waals surface area contributed by atoms with Crippen LogP contribution in [0.4, 0.5) is 0 Å². The summed E-state index contributed by atoms with van der Waals surface area (Å²) >= 11 is 0. The Morgan fingerprint density at radius 2 is 1.92 bits per heavy atom. The number of aliphatic hydroxyl groups excluding tert-OH is 2. The van der Waals surface area contributed by atoms with Gasteiger partial charge in [0.05, 0.1) is 6.10 Å². The number of ketones is 1. The molecule has 0 fully saturated rings. The van der Waals surface area contributed by atoms with E-state index in [9.17, 15) is 9.90 Å². The largest absolute Gasteiger partial charge is 0.391 e. The van der Waals surface area contributed by atoms with Gasteiger partial charge in [0.25, 0.3) is 0 Å². The van der Waals surface area contributed by atoms with E-state index in [2.05, 4.69) is 0 Å². The van der Waals surface area contributed by atoms with Crippen LogP contribution >= 0.6 is 0 Å². The van der Waals surface area contributed by atoms with E-state index < -0.39 is 30.7 Å². The van der Waals surface area contributed by atoms with Crippen molar-refractivity contribution in [2.45, 2.75) is 25.2 Å². The quantitative estimate of drug-likeness (QED) is 0.562. The van der Waals surface area contributed by atoms with Crippen LogP contribution in [-0.2, 0) is 14.3 Å². The van der Waals surface area contributed by atoms with E-state index in [0.717, 1.165) is 0 Å². The predicted octanol–water partition coefficient (Wildman–Crippen LogP) is -1.04. The number of hydrogen-bond acceptors (Lipinski definition) is 5. The first-order chi connectivity index (χ1) is 6.08. The van der Waals surface area contributed by atoms with Crippen molar-refractivity contribution in [2.75, 3.05) is 20.8 Å². The van der Waals surface area contributed by atoms with Crippen molar-refractivity contribution in [1.29, 1.82) is 0 Å². The first kappa shape index (κ1) is 12.5. The van der Waals surface area contributed by atoms with Crippen molar-refractivity contribution in [1.82, 2.24) is 0 Å². The Balaban J connectivity index is 4.42. The summed E-state index contributed by atoms with van der Waals surface area (Å²) in [4.78, 5) is 11.1. The first-order valence-corrected chi connectivity index (χ1v) is 3.95. The Labute approximate surface area is 77.3 Å². The molecule has 78 valence electrons. The maximum absolute atomic E-state index is 11.1. The average Bonchev–Trinajstić information content (AvgIpc) is 2.12. The second-order valence-electron chi connectivity index (χ2n) is 2.72. The maximum atomic E-state index is 11.1. The molecule has 0 spiro atoms. The Morgan fingerprint density at radius 3 is 2.15 bits per heavy atom. The van der Waals surface area contributed by atoms with Crippen LogP contribution in [0.15, 0.2) is 0 Å². The van der Waals surface area contributed by atoms with Gasteiger partial charge in [-0.05, 0) is 6.92 Å². The third-order valence-electron chi connectivity index (χ3n) is 1.77. The van der Waals surface area contributed by atoms with E-state index in [4.69, 9.17) is 14.6 Å². The highest BCUT2D eigenvalue weighted by Crippen LogP contribution is 2.08. The summed E-state index contributed by atoms with van der Waals surface area (Å²) in [5, 5.41) is 17.8. The van der Waals surface area contributed by atoms with Crippen LogP contribution in [-0.4, -0.2) is 55.1 Å². The first-order valence-electron chi connectivity index (χ1n) is 3.95. The van der Waals surface area contributed by atoms with Crippen LogP contribution < -0.4 is 0 Å². The van der Waals surface area contributed by atoms with Crippen molar-refractivity contribution in [2.24, 2.45) is 0 Å². The lowest BCUT2D eigenvalue weighted by Gasteiger charge is -2.25. The predicted molar refractivity (Wildman–Crippen MR) is 45.4 cm³/mol. The van der Waals surface area contributed by atoms with Gasteiger partial charge >= 0.3 is 0 Å². The van der Waals surface area contributed by atoms with Crippen molar-refractivity contribution in [3.8, 4) is 0 Å². The van der Waals surface area contributed by atoms with E-state index in [0.29, 0.717) is 0 Å². The number of methoxy groups -OCH3 is 2. The zero-order valence-electron chi connectivity index (χ0n) is 8.06. The highest BCUT2D eigenvalue weighted by molar-refractivity contribution is 5.84. The minimum atomic E-state index is -0.921.